The van der Waals surface area contributed by atoms with Crippen molar-refractivity contribution in [2.75, 3.05) is 0 Å². The van der Waals surface area contributed by atoms with Crippen LogP contribution in [-0.2, 0) is 9.53 Å². The molecular weight excluding hydrogens is 329 g/mol. The number of hydrogen-bond acceptors (Lipinski definition) is 4. The zero-order chi connectivity index (χ0) is 15.9. The molecule has 0 N–H and O–H groups in total. The summed E-state index contributed by atoms with van der Waals surface area (Å²) in [6, 6.07) is 5.95. The third kappa shape index (κ3) is 2.83. The quantitative estimate of drug-likeness (QED) is 0.357. The Balaban J connectivity index is 1.96. The van der Waals surface area contributed by atoms with Crippen LogP contribution in [0.4, 0.5) is 5.69 Å². The number of nitro groups is 1. The highest BCUT2D eigenvalue weighted by molar-refractivity contribution is 6.25. The van der Waals surface area contributed by atoms with Crippen LogP contribution in [0.2, 0.25) is 0 Å². The lowest BCUT2D eigenvalue weighted by Crippen LogP contribution is -2.43. The average molecular weight is 342 g/mol. The molecule has 7 heteroatoms. The molecule has 1 aromatic carbocycles. The number of rotatable bonds is 2. The first kappa shape index (κ1) is 15.3. The Hall–Kier alpha value is -1.59. The van der Waals surface area contributed by atoms with E-state index in [9.17, 15) is 14.9 Å². The van der Waals surface area contributed by atoms with E-state index in [-0.39, 0.29) is 28.5 Å². The topological polar surface area (TPSA) is 69.4 Å². The summed E-state index contributed by atoms with van der Waals surface area (Å²) in [6.07, 6.45) is 2.67. The minimum absolute atomic E-state index is 0.0642. The number of halogens is 2. The number of nitrogens with zero attached hydrogens (tertiary/aromatic N) is 1. The number of fused-ring (bicyclic) bond motifs is 1. The lowest BCUT2D eigenvalue weighted by Gasteiger charge is -2.38. The fraction of sp³-hybridized carbons (Fsp3) is 0.400. The summed E-state index contributed by atoms with van der Waals surface area (Å²) in [6.45, 7) is 0. The van der Waals surface area contributed by atoms with E-state index in [2.05, 4.69) is 0 Å². The van der Waals surface area contributed by atoms with Gasteiger partial charge in [0, 0.05) is 23.4 Å². The van der Waals surface area contributed by atoms with Gasteiger partial charge in [0.2, 0.25) is 0 Å². The predicted molar refractivity (Wildman–Crippen MR) is 83.0 cm³/mol. The van der Waals surface area contributed by atoms with Gasteiger partial charge in [0.1, 0.15) is 6.10 Å². The number of esters is 1. The first-order valence-electron chi connectivity index (χ1n) is 6.91. The number of carbonyl (C=O) groups is 1. The number of non-ortho nitro benzene ring substituents is 1. The van der Waals surface area contributed by atoms with Gasteiger partial charge in [-0.15, -0.1) is 23.2 Å². The summed E-state index contributed by atoms with van der Waals surface area (Å²) in [4.78, 5) is 22.6. The molecule has 1 aliphatic carbocycles. The van der Waals surface area contributed by atoms with Gasteiger partial charge in [-0.2, -0.15) is 0 Å². The van der Waals surface area contributed by atoms with Crippen LogP contribution in [-0.4, -0.2) is 27.8 Å². The summed E-state index contributed by atoms with van der Waals surface area (Å²) in [7, 11) is 0. The van der Waals surface area contributed by atoms with Crippen molar-refractivity contribution < 1.29 is 14.5 Å². The van der Waals surface area contributed by atoms with Crippen molar-refractivity contribution in [1.82, 2.24) is 0 Å². The Morgan fingerprint density at radius 1 is 1.27 bits per heavy atom. The maximum Gasteiger partial charge on any atom is 0.338 e. The van der Waals surface area contributed by atoms with E-state index < -0.39 is 10.9 Å². The van der Waals surface area contributed by atoms with Gasteiger partial charge in [-0.3, -0.25) is 10.1 Å². The Morgan fingerprint density at radius 3 is 2.77 bits per heavy atom. The molecule has 22 heavy (non-hydrogen) atoms. The first-order chi connectivity index (χ1) is 10.5. The number of benzene rings is 1. The van der Waals surface area contributed by atoms with Crippen molar-refractivity contribution in [2.45, 2.75) is 29.7 Å². The van der Waals surface area contributed by atoms with Crippen molar-refractivity contribution in [1.29, 1.82) is 0 Å². The van der Waals surface area contributed by atoms with E-state index in [0.717, 1.165) is 0 Å². The highest BCUT2D eigenvalue weighted by atomic mass is 35.5. The Kier molecular flexibility index (Phi) is 4.10. The minimum atomic E-state index is -0.500. The van der Waals surface area contributed by atoms with Gasteiger partial charge in [0.05, 0.1) is 15.9 Å². The second kappa shape index (κ2) is 5.89. The summed E-state index contributed by atoms with van der Waals surface area (Å²) in [5.74, 6) is -0.564. The fourth-order valence-corrected chi connectivity index (χ4v) is 3.91. The normalized spacial score (nSPS) is 31.0. The van der Waals surface area contributed by atoms with Gasteiger partial charge < -0.3 is 4.74 Å². The number of nitro benzene ring substituents is 1. The van der Waals surface area contributed by atoms with Crippen LogP contribution in [0, 0.1) is 16.0 Å². The molecule has 1 fully saturated rings. The van der Waals surface area contributed by atoms with Crippen LogP contribution < -0.4 is 0 Å². The first-order valence-corrected chi connectivity index (χ1v) is 7.79. The van der Waals surface area contributed by atoms with Crippen molar-refractivity contribution in [3.63, 3.8) is 0 Å². The highest BCUT2D eigenvalue weighted by Gasteiger charge is 2.41. The highest BCUT2D eigenvalue weighted by Crippen LogP contribution is 2.39. The van der Waals surface area contributed by atoms with Gasteiger partial charge in [-0.25, -0.2) is 4.79 Å². The number of hydrogen-bond donors (Lipinski definition) is 0. The zero-order valence-electron chi connectivity index (χ0n) is 11.4. The average Bonchev–Trinajstić information content (AvgIpc) is 2.47. The van der Waals surface area contributed by atoms with Crippen molar-refractivity contribution >= 4 is 40.4 Å². The van der Waals surface area contributed by atoms with Crippen LogP contribution >= 0.6 is 23.2 Å². The van der Waals surface area contributed by atoms with E-state index in [1.54, 1.807) is 18.2 Å². The SMILES string of the molecule is O=C1O[C@@H]2[C@H](C=C1c1cccc([N+](=O)[O-])c1)C[C@@H](Cl)C[C@@H]2Cl. The van der Waals surface area contributed by atoms with Gasteiger partial charge in [-0.1, -0.05) is 18.2 Å². The summed E-state index contributed by atoms with van der Waals surface area (Å²) >= 11 is 12.4. The summed E-state index contributed by atoms with van der Waals surface area (Å²) in [5, 5.41) is 10.5. The fourth-order valence-electron chi connectivity index (χ4n) is 2.97. The maximum atomic E-state index is 12.2. The molecule has 0 radical (unpaired) electrons. The van der Waals surface area contributed by atoms with Gasteiger partial charge in [0.25, 0.3) is 5.69 Å². The molecule has 0 saturated heterocycles. The molecule has 0 amide bonds. The minimum Gasteiger partial charge on any atom is -0.457 e. The van der Waals surface area contributed by atoms with Gasteiger partial charge >= 0.3 is 5.97 Å². The lowest BCUT2D eigenvalue weighted by atomic mass is 9.82. The van der Waals surface area contributed by atoms with Crippen LogP contribution in [0.5, 0.6) is 0 Å². The van der Waals surface area contributed by atoms with E-state index >= 15 is 0 Å². The molecular formula is C15H13Cl2NO4. The van der Waals surface area contributed by atoms with Gasteiger partial charge in [-0.05, 0) is 18.4 Å². The molecule has 5 nitrogen and oxygen atoms in total. The smallest absolute Gasteiger partial charge is 0.338 e. The molecule has 116 valence electrons. The molecule has 1 saturated carbocycles. The number of carbonyl (C=O) groups excluding carboxylic acids is 1. The molecule has 3 rings (SSSR count). The molecule has 1 heterocycles. The second-order valence-corrected chi connectivity index (χ2v) is 6.68. The standard InChI is InChI=1S/C15H13Cl2NO4/c16-10-4-9-6-12(15(19)22-14(9)13(17)7-10)8-2-1-3-11(5-8)18(20)21/h1-3,5-6,9-10,13-14H,4,7H2/t9-,10+,13-,14+/m0/s1. The Morgan fingerprint density at radius 2 is 2.05 bits per heavy atom. The van der Waals surface area contributed by atoms with E-state index in [1.807, 2.05) is 0 Å². The van der Waals surface area contributed by atoms with Crippen molar-refractivity contribution in [3.05, 3.63) is 46.0 Å². The largest absolute Gasteiger partial charge is 0.457 e. The predicted octanol–water partition coefficient (Wildman–Crippen LogP) is 3.53. The van der Waals surface area contributed by atoms with Crippen LogP contribution in [0.3, 0.4) is 0 Å². The maximum absolute atomic E-state index is 12.2. The van der Waals surface area contributed by atoms with Crippen molar-refractivity contribution in [3.8, 4) is 0 Å². The van der Waals surface area contributed by atoms with E-state index in [4.69, 9.17) is 27.9 Å². The number of alkyl halides is 2. The van der Waals surface area contributed by atoms with Gasteiger partial charge in [0.15, 0.2) is 0 Å². The van der Waals surface area contributed by atoms with E-state index in [0.29, 0.717) is 24.0 Å². The molecule has 0 bridgehead atoms. The molecule has 2 aliphatic rings. The van der Waals surface area contributed by atoms with Crippen LogP contribution in [0.1, 0.15) is 18.4 Å². The molecule has 1 aromatic rings. The lowest BCUT2D eigenvalue weighted by molar-refractivity contribution is -0.384. The summed E-state index contributed by atoms with van der Waals surface area (Å²) in [5.41, 5.74) is 0.738. The summed E-state index contributed by atoms with van der Waals surface area (Å²) < 4.78 is 5.45. The molecule has 1 aliphatic heterocycles. The van der Waals surface area contributed by atoms with E-state index in [1.165, 1.54) is 12.1 Å². The number of ether oxygens (including phenoxy) is 1. The molecule has 4 atom stereocenters. The Bertz CT molecular complexity index is 661. The zero-order valence-corrected chi connectivity index (χ0v) is 13.0. The third-order valence-electron chi connectivity index (χ3n) is 4.00. The van der Waals surface area contributed by atoms with Crippen LogP contribution in [0.15, 0.2) is 30.3 Å². The second-order valence-electron chi connectivity index (χ2n) is 5.51. The monoisotopic (exact) mass is 341 g/mol. The van der Waals surface area contributed by atoms with Crippen LogP contribution in [0.25, 0.3) is 5.57 Å². The molecule has 0 aromatic heterocycles. The third-order valence-corrected chi connectivity index (χ3v) is 4.78. The van der Waals surface area contributed by atoms with Crippen molar-refractivity contribution in [2.24, 2.45) is 5.92 Å². The Labute approximate surface area is 137 Å². The molecule has 0 spiro atoms. The molecule has 0 unspecified atom stereocenters.